The van der Waals surface area contributed by atoms with Gasteiger partial charge in [0.05, 0.1) is 18.0 Å². The van der Waals surface area contributed by atoms with Crippen LogP contribution in [0.2, 0.25) is 0 Å². The van der Waals surface area contributed by atoms with Crippen LogP contribution in [0.4, 0.5) is 5.69 Å². The van der Waals surface area contributed by atoms with Crippen LogP contribution in [0, 0.1) is 0 Å². The summed E-state index contributed by atoms with van der Waals surface area (Å²) < 4.78 is 36.4. The molecule has 0 radical (unpaired) electrons. The van der Waals surface area contributed by atoms with Gasteiger partial charge in [-0.15, -0.1) is 0 Å². The normalized spacial score (nSPS) is 16.6. The molecule has 3 aromatic rings. The summed E-state index contributed by atoms with van der Waals surface area (Å²) >= 11 is 0. The number of aliphatic hydroxyl groups is 1. The molecule has 0 spiro atoms. The summed E-state index contributed by atoms with van der Waals surface area (Å²) in [5, 5.41) is 15.0. The van der Waals surface area contributed by atoms with Crippen molar-refractivity contribution in [3.63, 3.8) is 0 Å². The maximum atomic E-state index is 11.9. The number of rotatable bonds is 8. The number of H-pyrrole nitrogens is 1. The van der Waals surface area contributed by atoms with Crippen LogP contribution >= 0.6 is 0 Å². The summed E-state index contributed by atoms with van der Waals surface area (Å²) in [7, 11) is -3.43. The second kappa shape index (κ2) is 9.48. The molecule has 5 rings (SSSR count). The Morgan fingerprint density at radius 2 is 2.03 bits per heavy atom. The minimum atomic E-state index is -3.43. The molecule has 2 aromatic carbocycles. The highest BCUT2D eigenvalue weighted by atomic mass is 32.2. The third-order valence-corrected chi connectivity index (χ3v) is 7.68. The first-order valence-corrected chi connectivity index (χ1v) is 13.6. The van der Waals surface area contributed by atoms with E-state index < -0.39 is 16.1 Å². The van der Waals surface area contributed by atoms with Crippen LogP contribution in [0.5, 0.6) is 11.5 Å². The van der Waals surface area contributed by atoms with Crippen LogP contribution < -0.4 is 19.1 Å². The minimum Gasteiger partial charge on any atom is -0.492 e. The molecule has 1 atom stereocenters. The van der Waals surface area contributed by atoms with Crippen molar-refractivity contribution in [2.24, 2.45) is 0 Å². The lowest BCUT2D eigenvalue weighted by Gasteiger charge is -2.16. The highest BCUT2D eigenvalue weighted by molar-refractivity contribution is 7.92. The van der Waals surface area contributed by atoms with E-state index in [4.69, 9.17) is 9.47 Å². The monoisotopic (exact) mass is 485 g/mol. The molecule has 34 heavy (non-hydrogen) atoms. The Kier molecular flexibility index (Phi) is 6.42. The smallest absolute Gasteiger partial charge is 0.235 e. The van der Waals surface area contributed by atoms with Crippen LogP contribution in [-0.4, -0.2) is 51.2 Å². The first kappa shape index (κ1) is 23.0. The number of sulfonamides is 1. The first-order chi connectivity index (χ1) is 16.4. The second-order valence-corrected chi connectivity index (χ2v) is 10.9. The van der Waals surface area contributed by atoms with Crippen LogP contribution in [0.15, 0.2) is 36.4 Å². The van der Waals surface area contributed by atoms with Crippen molar-refractivity contribution in [2.45, 2.75) is 38.2 Å². The van der Waals surface area contributed by atoms with E-state index in [2.05, 4.69) is 22.4 Å². The van der Waals surface area contributed by atoms with Crippen LogP contribution in [0.25, 0.3) is 10.9 Å². The number of ether oxygens (including phenoxy) is 2. The van der Waals surface area contributed by atoms with Gasteiger partial charge in [0.25, 0.3) is 0 Å². The highest BCUT2D eigenvalue weighted by Gasteiger charge is 2.28. The summed E-state index contributed by atoms with van der Waals surface area (Å²) in [6.07, 6.45) is 6.37. The van der Waals surface area contributed by atoms with Crippen LogP contribution in [0.1, 0.15) is 42.2 Å². The van der Waals surface area contributed by atoms with Crippen molar-refractivity contribution in [1.29, 1.82) is 0 Å². The lowest BCUT2D eigenvalue weighted by molar-refractivity contribution is 0.172. The van der Waals surface area contributed by atoms with Gasteiger partial charge >= 0.3 is 0 Å². The number of fused-ring (bicyclic) bond motifs is 4. The van der Waals surface area contributed by atoms with E-state index in [0.717, 1.165) is 24.8 Å². The maximum Gasteiger partial charge on any atom is 0.235 e. The molecular weight excluding hydrogens is 454 g/mol. The molecule has 0 bridgehead atoms. The van der Waals surface area contributed by atoms with E-state index in [1.807, 2.05) is 6.07 Å². The predicted octanol–water partition coefficient (Wildman–Crippen LogP) is 3.25. The molecule has 2 heterocycles. The summed E-state index contributed by atoms with van der Waals surface area (Å²) in [6.45, 7) is 1.33. The Bertz CT molecular complexity index is 1290. The van der Waals surface area contributed by atoms with E-state index in [1.165, 1.54) is 45.7 Å². The van der Waals surface area contributed by atoms with Crippen LogP contribution in [0.3, 0.4) is 0 Å². The minimum absolute atomic E-state index is 0.0410. The number of aromatic nitrogens is 1. The number of aryl methyl sites for hydroxylation is 2. The van der Waals surface area contributed by atoms with Crippen molar-refractivity contribution in [3.05, 3.63) is 53.2 Å². The standard InChI is InChI=1S/C25H31N3O5S/c1-34(30,31)28-16-33-25-10-7-17(13-23(25)28)24(29)15-26-11-12-32-18-8-9-22-20(14-18)19-5-3-2-4-6-21(19)27-22/h7-10,13-14,24,26-27,29H,2-6,11-12,15-16H2,1H3. The van der Waals surface area contributed by atoms with Gasteiger partial charge in [0.1, 0.15) is 18.1 Å². The number of hydrogen-bond donors (Lipinski definition) is 3. The van der Waals surface area contributed by atoms with Gasteiger partial charge in [-0.2, -0.15) is 0 Å². The number of hydrogen-bond acceptors (Lipinski definition) is 6. The van der Waals surface area contributed by atoms with E-state index in [-0.39, 0.29) is 6.73 Å². The third-order valence-electron chi connectivity index (χ3n) is 6.58. The van der Waals surface area contributed by atoms with Gasteiger partial charge in [-0.25, -0.2) is 12.7 Å². The summed E-state index contributed by atoms with van der Waals surface area (Å²) in [6, 6.07) is 11.3. The maximum absolute atomic E-state index is 11.9. The molecule has 2 aliphatic rings. The average Bonchev–Trinajstić information content (AvgIpc) is 3.31. The predicted molar refractivity (Wildman–Crippen MR) is 132 cm³/mol. The molecule has 0 amide bonds. The zero-order valence-corrected chi connectivity index (χ0v) is 20.2. The van der Waals surface area contributed by atoms with E-state index in [9.17, 15) is 13.5 Å². The Balaban J connectivity index is 1.14. The number of benzene rings is 2. The zero-order chi connectivity index (χ0) is 23.7. The van der Waals surface area contributed by atoms with Gasteiger partial charge in [0.15, 0.2) is 6.73 Å². The van der Waals surface area contributed by atoms with Gasteiger partial charge < -0.3 is 24.9 Å². The largest absolute Gasteiger partial charge is 0.492 e. The Morgan fingerprint density at radius 3 is 2.88 bits per heavy atom. The molecule has 182 valence electrons. The topological polar surface area (TPSA) is 104 Å². The summed E-state index contributed by atoms with van der Waals surface area (Å²) in [5.41, 5.74) is 5.08. The van der Waals surface area contributed by atoms with Gasteiger partial charge in [0, 0.05) is 29.7 Å². The number of aromatic amines is 1. The molecule has 8 nitrogen and oxygen atoms in total. The molecular formula is C25H31N3O5S. The number of nitrogens with zero attached hydrogens (tertiary/aromatic N) is 1. The number of aliphatic hydroxyl groups excluding tert-OH is 1. The molecule has 1 aliphatic carbocycles. The van der Waals surface area contributed by atoms with Crippen molar-refractivity contribution in [3.8, 4) is 11.5 Å². The molecule has 0 saturated carbocycles. The molecule has 1 aromatic heterocycles. The molecule has 0 saturated heterocycles. The van der Waals surface area contributed by atoms with E-state index in [0.29, 0.717) is 36.7 Å². The second-order valence-electron chi connectivity index (χ2n) is 9.03. The summed E-state index contributed by atoms with van der Waals surface area (Å²) in [5.74, 6) is 1.35. The first-order valence-electron chi connectivity index (χ1n) is 11.8. The van der Waals surface area contributed by atoms with Crippen molar-refractivity contribution >= 4 is 26.6 Å². The molecule has 0 fully saturated rings. The Morgan fingerprint density at radius 1 is 1.18 bits per heavy atom. The Hall–Kier alpha value is -2.75. The van der Waals surface area contributed by atoms with E-state index >= 15 is 0 Å². The van der Waals surface area contributed by atoms with Gasteiger partial charge in [0.2, 0.25) is 10.0 Å². The fourth-order valence-electron chi connectivity index (χ4n) is 4.78. The van der Waals surface area contributed by atoms with Crippen molar-refractivity contribution in [1.82, 2.24) is 10.3 Å². The molecule has 1 aliphatic heterocycles. The fraction of sp³-hybridized carbons (Fsp3) is 0.440. The fourth-order valence-corrected chi connectivity index (χ4v) is 5.52. The molecule has 9 heteroatoms. The quantitative estimate of drug-likeness (QED) is 0.334. The number of anilines is 1. The molecule has 1 unspecified atom stereocenters. The van der Waals surface area contributed by atoms with Crippen molar-refractivity contribution < 1.29 is 23.0 Å². The van der Waals surface area contributed by atoms with Gasteiger partial charge in [-0.3, -0.25) is 0 Å². The lowest BCUT2D eigenvalue weighted by Crippen LogP contribution is -2.29. The van der Waals surface area contributed by atoms with Gasteiger partial charge in [-0.05, 0) is 67.1 Å². The molecule has 3 N–H and O–H groups in total. The highest BCUT2D eigenvalue weighted by Crippen LogP contribution is 2.37. The zero-order valence-electron chi connectivity index (χ0n) is 19.3. The number of nitrogens with one attached hydrogen (secondary N) is 2. The lowest BCUT2D eigenvalue weighted by atomic mass is 10.1. The van der Waals surface area contributed by atoms with Crippen LogP contribution in [-0.2, 0) is 22.9 Å². The summed E-state index contributed by atoms with van der Waals surface area (Å²) in [4.78, 5) is 3.57. The Labute approximate surface area is 199 Å². The average molecular weight is 486 g/mol. The van der Waals surface area contributed by atoms with E-state index in [1.54, 1.807) is 18.2 Å². The SMILES string of the molecule is CS(=O)(=O)N1COc2ccc(C(O)CNCCOc3ccc4[nH]c5c(c4c3)CCCCC5)cc21. The van der Waals surface area contributed by atoms with Crippen molar-refractivity contribution in [2.75, 3.05) is 37.0 Å². The third kappa shape index (κ3) is 4.73. The van der Waals surface area contributed by atoms with Gasteiger partial charge in [-0.1, -0.05) is 12.5 Å².